The lowest BCUT2D eigenvalue weighted by Gasteiger charge is -2.03. The summed E-state index contributed by atoms with van der Waals surface area (Å²) < 4.78 is 25.3. The summed E-state index contributed by atoms with van der Waals surface area (Å²) >= 11 is 3.92. The molecular weight excluding hydrogens is 392 g/mol. The van der Waals surface area contributed by atoms with Gasteiger partial charge in [-0.3, -0.25) is 9.63 Å². The van der Waals surface area contributed by atoms with Crippen LogP contribution < -0.4 is 10.2 Å². The number of aliphatic carboxylic acids is 1. The lowest BCUT2D eigenvalue weighted by molar-refractivity contribution is -0.144. The number of thiol groups is 1. The van der Waals surface area contributed by atoms with E-state index in [1.807, 2.05) is 5.48 Å². The van der Waals surface area contributed by atoms with Gasteiger partial charge in [-0.05, 0) is 24.3 Å². The van der Waals surface area contributed by atoms with Gasteiger partial charge in [0, 0.05) is 17.9 Å². The largest absolute Gasteiger partial charge is 0.479 e. The van der Waals surface area contributed by atoms with Crippen LogP contribution in [0.1, 0.15) is 10.4 Å². The minimum absolute atomic E-state index is 0.289. The van der Waals surface area contributed by atoms with Gasteiger partial charge in [0.15, 0.2) is 6.61 Å². The fourth-order valence-corrected chi connectivity index (χ4v) is 2.99. The summed E-state index contributed by atoms with van der Waals surface area (Å²) in [6.45, 7) is -0.209. The number of nitrogens with one attached hydrogen (secondary N) is 2. The second-order valence-corrected chi connectivity index (χ2v) is 7.13. The zero-order chi connectivity index (χ0) is 20.1. The number of carboxylic acids is 1. The molecule has 8 nitrogen and oxygen atoms in total. The van der Waals surface area contributed by atoms with Gasteiger partial charge in [0.25, 0.3) is 5.91 Å². The summed E-state index contributed by atoms with van der Waals surface area (Å²) in [6.07, 6.45) is 0. The maximum atomic E-state index is 11.4. The molecule has 2 rings (SSSR count). The Balaban J connectivity index is 0.000000271. The van der Waals surface area contributed by atoms with Crippen molar-refractivity contribution in [1.82, 2.24) is 10.2 Å². The topological polar surface area (TPSA) is 122 Å². The van der Waals surface area contributed by atoms with Crippen LogP contribution in [0.3, 0.4) is 0 Å². The van der Waals surface area contributed by atoms with Crippen molar-refractivity contribution in [1.29, 1.82) is 0 Å². The lowest BCUT2D eigenvalue weighted by Crippen LogP contribution is -2.26. The van der Waals surface area contributed by atoms with E-state index < -0.39 is 28.5 Å². The van der Waals surface area contributed by atoms with Crippen molar-refractivity contribution >= 4 is 34.5 Å². The van der Waals surface area contributed by atoms with Gasteiger partial charge in [0.05, 0.1) is 4.90 Å². The zero-order valence-electron chi connectivity index (χ0n) is 14.2. The van der Waals surface area contributed by atoms with E-state index in [4.69, 9.17) is 5.11 Å². The van der Waals surface area contributed by atoms with Crippen LogP contribution in [0.25, 0.3) is 0 Å². The lowest BCUT2D eigenvalue weighted by atomic mass is 10.2. The standard InChI is InChI=1S/C9H9NO4.C8H11NO2S2/c11-8(12)6-14-10-9(13)7-4-2-1-3-5-7;10-13(11,9-6-7-12)8-4-2-1-3-5-8/h1-5H,6H2,(H,10,13)(H,11,12);1-5,9,12H,6-7H2. The van der Waals surface area contributed by atoms with Crippen LogP contribution in [0.2, 0.25) is 0 Å². The van der Waals surface area contributed by atoms with E-state index in [-0.39, 0.29) is 4.90 Å². The number of sulfonamides is 1. The molecule has 1 amide bonds. The first kappa shape index (κ1) is 22.6. The Morgan fingerprint density at radius 3 is 2.07 bits per heavy atom. The first-order valence-electron chi connectivity index (χ1n) is 7.71. The minimum atomic E-state index is -3.32. The van der Waals surface area contributed by atoms with Crippen LogP contribution in [-0.4, -0.2) is 44.3 Å². The first-order valence-corrected chi connectivity index (χ1v) is 9.83. The minimum Gasteiger partial charge on any atom is -0.479 e. The second kappa shape index (κ2) is 12.1. The number of hydrogen-bond acceptors (Lipinski definition) is 6. The average Bonchev–Trinajstić information content (AvgIpc) is 2.68. The normalized spacial score (nSPS) is 10.4. The Morgan fingerprint density at radius 2 is 1.56 bits per heavy atom. The Hall–Kier alpha value is -2.40. The predicted molar refractivity (Wildman–Crippen MR) is 103 cm³/mol. The van der Waals surface area contributed by atoms with Gasteiger partial charge in [-0.1, -0.05) is 36.4 Å². The van der Waals surface area contributed by atoms with Crippen molar-refractivity contribution in [3.8, 4) is 0 Å². The SMILES string of the molecule is O=C(O)CONC(=O)c1ccccc1.O=S(=O)(NCCS)c1ccccc1. The summed E-state index contributed by atoms with van der Waals surface area (Å²) in [5, 5.41) is 8.22. The third kappa shape index (κ3) is 9.20. The highest BCUT2D eigenvalue weighted by molar-refractivity contribution is 7.89. The molecule has 0 radical (unpaired) electrons. The highest BCUT2D eigenvalue weighted by Gasteiger charge is 2.11. The average molecular weight is 412 g/mol. The van der Waals surface area contributed by atoms with Crippen molar-refractivity contribution in [2.75, 3.05) is 18.9 Å². The molecule has 0 saturated carbocycles. The van der Waals surface area contributed by atoms with Crippen LogP contribution in [0, 0.1) is 0 Å². The molecule has 2 aromatic rings. The predicted octanol–water partition coefficient (Wildman–Crippen LogP) is 1.33. The number of hydroxylamine groups is 1. The van der Waals surface area contributed by atoms with Crippen LogP contribution in [0.5, 0.6) is 0 Å². The Morgan fingerprint density at radius 1 is 1.00 bits per heavy atom. The van der Waals surface area contributed by atoms with Gasteiger partial charge >= 0.3 is 5.97 Å². The van der Waals surface area contributed by atoms with Crippen LogP contribution in [0.4, 0.5) is 0 Å². The van der Waals surface area contributed by atoms with E-state index in [0.717, 1.165) is 0 Å². The molecule has 0 fully saturated rings. The van der Waals surface area contributed by atoms with E-state index in [9.17, 15) is 18.0 Å². The molecular formula is C17H20N2O6S2. The van der Waals surface area contributed by atoms with Gasteiger partial charge in [-0.2, -0.15) is 12.6 Å². The number of carboxylic acid groups (broad SMARTS) is 1. The number of carbonyl (C=O) groups is 2. The molecule has 3 N–H and O–H groups in total. The highest BCUT2D eigenvalue weighted by atomic mass is 32.2. The number of rotatable bonds is 8. The summed E-state index contributed by atoms with van der Waals surface area (Å²) in [7, 11) is -3.32. The molecule has 0 saturated heterocycles. The van der Waals surface area contributed by atoms with Crippen LogP contribution >= 0.6 is 12.6 Å². The summed E-state index contributed by atoms with van der Waals surface area (Å²) in [5.74, 6) is -1.11. The number of benzene rings is 2. The Labute approximate surface area is 163 Å². The smallest absolute Gasteiger partial charge is 0.332 e. The molecule has 0 aliphatic rings. The van der Waals surface area contributed by atoms with Crippen molar-refractivity contribution in [2.24, 2.45) is 0 Å². The maximum Gasteiger partial charge on any atom is 0.332 e. The van der Waals surface area contributed by atoms with Gasteiger partial charge in [0.2, 0.25) is 10.0 Å². The molecule has 146 valence electrons. The van der Waals surface area contributed by atoms with Crippen molar-refractivity contribution in [3.63, 3.8) is 0 Å². The molecule has 0 unspecified atom stereocenters. The van der Waals surface area contributed by atoms with Gasteiger partial charge < -0.3 is 5.11 Å². The van der Waals surface area contributed by atoms with Gasteiger partial charge in [0.1, 0.15) is 0 Å². The monoisotopic (exact) mass is 412 g/mol. The Kier molecular flexibility index (Phi) is 10.1. The maximum absolute atomic E-state index is 11.4. The molecule has 2 aromatic carbocycles. The fraction of sp³-hybridized carbons (Fsp3) is 0.176. The molecule has 0 aliphatic heterocycles. The van der Waals surface area contributed by atoms with E-state index in [1.165, 1.54) is 0 Å². The quantitative estimate of drug-likeness (QED) is 0.383. The first-order chi connectivity index (χ1) is 12.9. The molecule has 27 heavy (non-hydrogen) atoms. The number of carbonyl (C=O) groups excluding carboxylic acids is 1. The molecule has 0 bridgehead atoms. The zero-order valence-corrected chi connectivity index (χ0v) is 15.9. The van der Waals surface area contributed by atoms with E-state index >= 15 is 0 Å². The molecule has 0 heterocycles. The van der Waals surface area contributed by atoms with Crippen molar-refractivity contribution in [3.05, 3.63) is 66.2 Å². The van der Waals surface area contributed by atoms with E-state index in [2.05, 4.69) is 22.2 Å². The summed E-state index contributed by atoms with van der Waals surface area (Å²) in [5.41, 5.74) is 2.43. The second-order valence-electron chi connectivity index (χ2n) is 4.91. The summed E-state index contributed by atoms with van der Waals surface area (Å²) in [6, 6.07) is 16.6. The highest BCUT2D eigenvalue weighted by Crippen LogP contribution is 2.06. The summed E-state index contributed by atoms with van der Waals surface area (Å²) in [4.78, 5) is 25.9. The molecule has 10 heteroatoms. The number of hydrogen-bond donors (Lipinski definition) is 4. The van der Waals surface area contributed by atoms with Crippen molar-refractivity contribution < 1.29 is 28.0 Å². The molecule has 0 aliphatic carbocycles. The van der Waals surface area contributed by atoms with Gasteiger partial charge in [-0.25, -0.2) is 23.4 Å². The molecule has 0 atom stereocenters. The third-order valence-electron chi connectivity index (χ3n) is 2.85. The Bertz CT molecular complexity index is 814. The third-order valence-corrected chi connectivity index (χ3v) is 4.55. The van der Waals surface area contributed by atoms with Crippen LogP contribution in [0.15, 0.2) is 65.6 Å². The van der Waals surface area contributed by atoms with E-state index in [1.54, 1.807) is 60.7 Å². The van der Waals surface area contributed by atoms with E-state index in [0.29, 0.717) is 17.9 Å². The fourth-order valence-electron chi connectivity index (χ4n) is 1.67. The van der Waals surface area contributed by atoms with Crippen LogP contribution in [-0.2, 0) is 19.7 Å². The van der Waals surface area contributed by atoms with Crippen molar-refractivity contribution in [2.45, 2.75) is 4.90 Å². The molecule has 0 spiro atoms. The number of amides is 1. The van der Waals surface area contributed by atoms with Gasteiger partial charge in [-0.15, -0.1) is 0 Å². The molecule has 0 aromatic heterocycles.